The van der Waals surface area contributed by atoms with Gasteiger partial charge in [0, 0.05) is 32.4 Å². The second-order valence-electron chi connectivity index (χ2n) is 6.52. The van der Waals surface area contributed by atoms with Crippen molar-refractivity contribution < 1.29 is 4.79 Å². The Kier molecular flexibility index (Phi) is 4.98. The molecule has 2 heterocycles. The van der Waals surface area contributed by atoms with Crippen LogP contribution in [0, 0.1) is 0 Å². The zero-order chi connectivity index (χ0) is 15.4. The molecule has 0 bridgehead atoms. The number of piperidine rings is 1. The van der Waals surface area contributed by atoms with Crippen LogP contribution >= 0.6 is 0 Å². The SMILES string of the molecule is CN(Cc1ccccc1N1CCCC1)C(=O)C1CCCCN1. The lowest BCUT2D eigenvalue weighted by Gasteiger charge is -2.29. The number of hydrogen-bond donors (Lipinski definition) is 1. The van der Waals surface area contributed by atoms with Crippen molar-refractivity contribution in [2.45, 2.75) is 44.7 Å². The second kappa shape index (κ2) is 7.14. The van der Waals surface area contributed by atoms with E-state index >= 15 is 0 Å². The van der Waals surface area contributed by atoms with Gasteiger partial charge in [-0.3, -0.25) is 4.79 Å². The van der Waals surface area contributed by atoms with Crippen molar-refractivity contribution >= 4 is 11.6 Å². The molecule has 0 spiro atoms. The van der Waals surface area contributed by atoms with Gasteiger partial charge in [0.15, 0.2) is 0 Å². The molecule has 3 rings (SSSR count). The minimum Gasteiger partial charge on any atom is -0.371 e. The molecule has 2 saturated heterocycles. The average molecular weight is 301 g/mol. The molecule has 2 fully saturated rings. The van der Waals surface area contributed by atoms with E-state index in [1.165, 1.54) is 30.5 Å². The predicted molar refractivity (Wildman–Crippen MR) is 90.0 cm³/mol. The van der Waals surface area contributed by atoms with Crippen LogP contribution in [0.4, 0.5) is 5.69 Å². The maximum absolute atomic E-state index is 12.6. The van der Waals surface area contributed by atoms with Crippen LogP contribution < -0.4 is 10.2 Å². The first-order valence-corrected chi connectivity index (χ1v) is 8.57. The molecule has 0 aliphatic carbocycles. The van der Waals surface area contributed by atoms with Crippen LogP contribution in [0.1, 0.15) is 37.7 Å². The van der Waals surface area contributed by atoms with Crippen molar-refractivity contribution in [1.82, 2.24) is 10.2 Å². The van der Waals surface area contributed by atoms with Gasteiger partial charge in [0.2, 0.25) is 5.91 Å². The van der Waals surface area contributed by atoms with E-state index in [4.69, 9.17) is 0 Å². The molecule has 120 valence electrons. The molecule has 1 atom stereocenters. The number of rotatable bonds is 4. The minimum absolute atomic E-state index is 0.0118. The van der Waals surface area contributed by atoms with Gasteiger partial charge in [-0.1, -0.05) is 24.6 Å². The lowest BCUT2D eigenvalue weighted by molar-refractivity contribution is -0.133. The molecule has 0 saturated carbocycles. The highest BCUT2D eigenvalue weighted by molar-refractivity contribution is 5.82. The van der Waals surface area contributed by atoms with Crippen molar-refractivity contribution in [3.63, 3.8) is 0 Å². The second-order valence-corrected chi connectivity index (χ2v) is 6.52. The van der Waals surface area contributed by atoms with Crippen molar-refractivity contribution in [2.75, 3.05) is 31.6 Å². The summed E-state index contributed by atoms with van der Waals surface area (Å²) in [7, 11) is 1.93. The average Bonchev–Trinajstić information content (AvgIpc) is 3.10. The van der Waals surface area contributed by atoms with Gasteiger partial charge in [0.1, 0.15) is 0 Å². The van der Waals surface area contributed by atoms with E-state index in [-0.39, 0.29) is 11.9 Å². The standard InChI is InChI=1S/C18H27N3O/c1-20(18(22)16-9-4-5-11-19-16)14-15-8-2-3-10-17(15)21-12-6-7-13-21/h2-3,8,10,16,19H,4-7,9,11-14H2,1H3. The maximum atomic E-state index is 12.6. The Morgan fingerprint density at radius 3 is 2.73 bits per heavy atom. The normalized spacial score (nSPS) is 21.9. The number of anilines is 1. The summed E-state index contributed by atoms with van der Waals surface area (Å²) < 4.78 is 0. The smallest absolute Gasteiger partial charge is 0.239 e. The Bertz CT molecular complexity index is 505. The third kappa shape index (κ3) is 3.43. The molecular formula is C18H27N3O. The van der Waals surface area contributed by atoms with Gasteiger partial charge in [0.05, 0.1) is 6.04 Å². The highest BCUT2D eigenvalue weighted by Gasteiger charge is 2.24. The van der Waals surface area contributed by atoms with Crippen LogP contribution in [0.2, 0.25) is 0 Å². The zero-order valence-electron chi connectivity index (χ0n) is 13.6. The van der Waals surface area contributed by atoms with E-state index in [0.29, 0.717) is 6.54 Å². The fourth-order valence-corrected chi connectivity index (χ4v) is 3.57. The summed E-state index contributed by atoms with van der Waals surface area (Å²) in [4.78, 5) is 16.9. The molecule has 22 heavy (non-hydrogen) atoms. The molecule has 2 aliphatic heterocycles. The molecule has 2 aliphatic rings. The quantitative estimate of drug-likeness (QED) is 0.927. The van der Waals surface area contributed by atoms with Gasteiger partial charge in [-0.25, -0.2) is 0 Å². The Hall–Kier alpha value is -1.55. The number of hydrogen-bond acceptors (Lipinski definition) is 3. The number of carbonyl (C=O) groups excluding carboxylic acids is 1. The lowest BCUT2D eigenvalue weighted by Crippen LogP contribution is -2.47. The number of amides is 1. The van der Waals surface area contributed by atoms with Crippen molar-refractivity contribution in [3.05, 3.63) is 29.8 Å². The Labute approximate surface area is 133 Å². The third-order valence-electron chi connectivity index (χ3n) is 4.83. The largest absolute Gasteiger partial charge is 0.371 e. The number of carbonyl (C=O) groups is 1. The first kappa shape index (κ1) is 15.3. The van der Waals surface area contributed by atoms with Gasteiger partial charge in [-0.15, -0.1) is 0 Å². The van der Waals surface area contributed by atoms with Crippen LogP contribution in [0.25, 0.3) is 0 Å². The molecule has 1 amide bonds. The zero-order valence-corrected chi connectivity index (χ0v) is 13.6. The number of para-hydroxylation sites is 1. The van der Waals surface area contributed by atoms with Gasteiger partial charge in [-0.05, 0) is 43.9 Å². The summed E-state index contributed by atoms with van der Waals surface area (Å²) in [6.45, 7) is 3.94. The van der Waals surface area contributed by atoms with Gasteiger partial charge >= 0.3 is 0 Å². The molecule has 1 unspecified atom stereocenters. The van der Waals surface area contributed by atoms with Gasteiger partial charge in [-0.2, -0.15) is 0 Å². The van der Waals surface area contributed by atoms with E-state index in [0.717, 1.165) is 32.5 Å². The number of nitrogens with zero attached hydrogens (tertiary/aromatic N) is 2. The number of nitrogens with one attached hydrogen (secondary N) is 1. The Morgan fingerprint density at radius 2 is 2.00 bits per heavy atom. The summed E-state index contributed by atoms with van der Waals surface area (Å²) in [6, 6.07) is 8.54. The van der Waals surface area contributed by atoms with Crippen LogP contribution in [-0.4, -0.2) is 43.5 Å². The molecule has 0 radical (unpaired) electrons. The van der Waals surface area contributed by atoms with Gasteiger partial charge < -0.3 is 15.1 Å². The highest BCUT2D eigenvalue weighted by Crippen LogP contribution is 2.25. The summed E-state index contributed by atoms with van der Waals surface area (Å²) in [5, 5.41) is 3.35. The first-order valence-electron chi connectivity index (χ1n) is 8.57. The van der Waals surface area contributed by atoms with E-state index in [9.17, 15) is 4.79 Å². The molecule has 1 N–H and O–H groups in total. The molecule has 0 aromatic heterocycles. The van der Waals surface area contributed by atoms with Crippen molar-refractivity contribution in [2.24, 2.45) is 0 Å². The number of benzene rings is 1. The van der Waals surface area contributed by atoms with Crippen LogP contribution in [0.15, 0.2) is 24.3 Å². The summed E-state index contributed by atoms with van der Waals surface area (Å²) in [6.07, 6.45) is 5.86. The Morgan fingerprint density at radius 1 is 1.23 bits per heavy atom. The highest BCUT2D eigenvalue weighted by atomic mass is 16.2. The molecule has 4 heteroatoms. The lowest BCUT2D eigenvalue weighted by atomic mass is 10.0. The predicted octanol–water partition coefficient (Wildman–Crippen LogP) is 2.39. The fourth-order valence-electron chi connectivity index (χ4n) is 3.57. The summed E-state index contributed by atoms with van der Waals surface area (Å²) in [5.41, 5.74) is 2.56. The van der Waals surface area contributed by atoms with E-state index < -0.39 is 0 Å². The molecule has 4 nitrogen and oxygen atoms in total. The topological polar surface area (TPSA) is 35.6 Å². The third-order valence-corrected chi connectivity index (χ3v) is 4.83. The molecular weight excluding hydrogens is 274 g/mol. The van der Waals surface area contributed by atoms with Crippen LogP contribution in [-0.2, 0) is 11.3 Å². The van der Waals surface area contributed by atoms with Crippen molar-refractivity contribution in [1.29, 1.82) is 0 Å². The number of likely N-dealkylation sites (N-methyl/N-ethyl adjacent to an activating group) is 1. The molecule has 1 aromatic carbocycles. The fraction of sp³-hybridized carbons (Fsp3) is 0.611. The summed E-state index contributed by atoms with van der Waals surface area (Å²) in [5.74, 6) is 0.232. The van der Waals surface area contributed by atoms with E-state index in [2.05, 4.69) is 34.5 Å². The molecule has 1 aromatic rings. The Balaban J connectivity index is 1.68. The van der Waals surface area contributed by atoms with Gasteiger partial charge in [0.25, 0.3) is 0 Å². The van der Waals surface area contributed by atoms with Crippen molar-refractivity contribution in [3.8, 4) is 0 Å². The monoisotopic (exact) mass is 301 g/mol. The summed E-state index contributed by atoms with van der Waals surface area (Å²) >= 11 is 0. The maximum Gasteiger partial charge on any atom is 0.239 e. The minimum atomic E-state index is 0.0118. The van der Waals surface area contributed by atoms with E-state index in [1.54, 1.807) is 0 Å². The van der Waals surface area contributed by atoms with Crippen LogP contribution in [0.3, 0.4) is 0 Å². The van der Waals surface area contributed by atoms with Crippen LogP contribution in [0.5, 0.6) is 0 Å². The first-order chi connectivity index (χ1) is 10.8. The van der Waals surface area contributed by atoms with E-state index in [1.807, 2.05) is 11.9 Å².